The van der Waals surface area contributed by atoms with E-state index in [1.165, 1.54) is 0 Å². The highest BCUT2D eigenvalue weighted by Crippen LogP contribution is 2.25. The Bertz CT molecular complexity index is 937. The molecular weight excluding hydrogens is 449 g/mol. The van der Waals surface area contributed by atoms with Crippen molar-refractivity contribution in [2.24, 2.45) is 0 Å². The van der Waals surface area contributed by atoms with Crippen molar-refractivity contribution < 1.29 is 14.3 Å². The normalized spacial score (nSPS) is 15.7. The second-order valence-corrected chi connectivity index (χ2v) is 8.75. The molecule has 1 fully saturated rings. The molecule has 0 bridgehead atoms. The van der Waals surface area contributed by atoms with Crippen LogP contribution in [0.15, 0.2) is 42.5 Å². The molecule has 2 aromatic rings. The predicted molar refractivity (Wildman–Crippen MR) is 129 cm³/mol. The van der Waals surface area contributed by atoms with Crippen molar-refractivity contribution in [3.63, 3.8) is 0 Å². The first-order valence-corrected chi connectivity index (χ1v) is 11.5. The summed E-state index contributed by atoms with van der Waals surface area (Å²) in [6.45, 7) is 4.60. The van der Waals surface area contributed by atoms with Gasteiger partial charge in [0.1, 0.15) is 5.75 Å². The summed E-state index contributed by atoms with van der Waals surface area (Å²) < 4.78 is 5.17. The van der Waals surface area contributed by atoms with Crippen LogP contribution in [-0.2, 0) is 16.0 Å². The van der Waals surface area contributed by atoms with Gasteiger partial charge in [0, 0.05) is 37.6 Å². The zero-order valence-corrected chi connectivity index (χ0v) is 20.0. The standard InChI is InChI=1S/C24H29Cl2N3O3/c1-17(24(31)27-22-10-7-19(25)16-21(22)26)28-12-3-13-29(15-14-28)23(30)11-6-18-4-8-20(32-2)9-5-18/h4-5,7-10,16-17H,3,6,11-15H2,1-2H3,(H,27,31). The molecule has 3 rings (SSSR count). The minimum atomic E-state index is -0.337. The van der Waals surface area contributed by atoms with Gasteiger partial charge >= 0.3 is 0 Å². The van der Waals surface area contributed by atoms with Gasteiger partial charge in [-0.15, -0.1) is 0 Å². The molecule has 2 aromatic carbocycles. The van der Waals surface area contributed by atoms with Gasteiger partial charge < -0.3 is 15.0 Å². The lowest BCUT2D eigenvalue weighted by Crippen LogP contribution is -2.44. The lowest BCUT2D eigenvalue weighted by molar-refractivity contribution is -0.131. The topological polar surface area (TPSA) is 61.9 Å². The second kappa shape index (κ2) is 11.5. The minimum absolute atomic E-state index is 0.131. The van der Waals surface area contributed by atoms with Gasteiger partial charge in [0.25, 0.3) is 0 Å². The Balaban J connectivity index is 1.49. The van der Waals surface area contributed by atoms with E-state index in [-0.39, 0.29) is 17.9 Å². The molecule has 32 heavy (non-hydrogen) atoms. The molecule has 0 radical (unpaired) electrons. The molecule has 6 nitrogen and oxygen atoms in total. The van der Waals surface area contributed by atoms with Gasteiger partial charge in [0.05, 0.1) is 23.9 Å². The van der Waals surface area contributed by atoms with Crippen LogP contribution in [0.1, 0.15) is 25.3 Å². The Morgan fingerprint density at radius 3 is 2.50 bits per heavy atom. The monoisotopic (exact) mass is 477 g/mol. The highest BCUT2D eigenvalue weighted by molar-refractivity contribution is 6.36. The third-order valence-electron chi connectivity index (χ3n) is 5.79. The van der Waals surface area contributed by atoms with Crippen molar-refractivity contribution in [3.8, 4) is 5.75 Å². The van der Waals surface area contributed by atoms with Crippen molar-refractivity contribution in [3.05, 3.63) is 58.1 Å². The smallest absolute Gasteiger partial charge is 0.241 e. The SMILES string of the molecule is COc1ccc(CCC(=O)N2CCCN(C(C)C(=O)Nc3ccc(Cl)cc3Cl)CC2)cc1. The van der Waals surface area contributed by atoms with Crippen LogP contribution >= 0.6 is 23.2 Å². The van der Waals surface area contributed by atoms with Crippen LogP contribution in [0.5, 0.6) is 5.75 Å². The van der Waals surface area contributed by atoms with Gasteiger partial charge in [0.15, 0.2) is 0 Å². The van der Waals surface area contributed by atoms with E-state index in [4.69, 9.17) is 27.9 Å². The van der Waals surface area contributed by atoms with Crippen LogP contribution in [0.25, 0.3) is 0 Å². The Morgan fingerprint density at radius 2 is 1.81 bits per heavy atom. The molecule has 0 aromatic heterocycles. The summed E-state index contributed by atoms with van der Waals surface area (Å²) in [6.07, 6.45) is 1.99. The fourth-order valence-corrected chi connectivity index (χ4v) is 4.23. The van der Waals surface area contributed by atoms with Crippen molar-refractivity contribution in [2.75, 3.05) is 38.6 Å². The maximum atomic E-state index is 12.7. The number of hydrogen-bond donors (Lipinski definition) is 1. The lowest BCUT2D eigenvalue weighted by atomic mass is 10.1. The molecule has 1 aliphatic rings. The highest BCUT2D eigenvalue weighted by atomic mass is 35.5. The quantitative estimate of drug-likeness (QED) is 0.637. The number of aryl methyl sites for hydroxylation is 1. The number of hydrogen-bond acceptors (Lipinski definition) is 4. The molecule has 8 heteroatoms. The molecule has 1 atom stereocenters. The number of rotatable bonds is 7. The first-order chi connectivity index (χ1) is 15.4. The number of methoxy groups -OCH3 is 1. The van der Waals surface area contributed by atoms with E-state index in [1.807, 2.05) is 36.1 Å². The Labute approximate surface area is 199 Å². The fraction of sp³-hybridized carbons (Fsp3) is 0.417. The molecule has 1 heterocycles. The van der Waals surface area contributed by atoms with E-state index in [1.54, 1.807) is 25.3 Å². The van der Waals surface area contributed by atoms with Crippen molar-refractivity contribution in [1.29, 1.82) is 0 Å². The van der Waals surface area contributed by atoms with E-state index in [0.717, 1.165) is 24.3 Å². The molecule has 1 N–H and O–H groups in total. The molecule has 0 saturated carbocycles. The van der Waals surface area contributed by atoms with Crippen LogP contribution in [0.3, 0.4) is 0 Å². The van der Waals surface area contributed by atoms with Gasteiger partial charge in [-0.3, -0.25) is 14.5 Å². The van der Waals surface area contributed by atoms with E-state index in [9.17, 15) is 9.59 Å². The van der Waals surface area contributed by atoms with Gasteiger partial charge in [-0.05, 0) is 55.7 Å². The first kappa shape index (κ1) is 24.4. The zero-order chi connectivity index (χ0) is 23.1. The minimum Gasteiger partial charge on any atom is -0.497 e. The number of carbonyl (C=O) groups excluding carboxylic acids is 2. The summed E-state index contributed by atoms with van der Waals surface area (Å²) in [5.74, 6) is 0.824. The number of benzene rings is 2. The molecule has 172 valence electrons. The zero-order valence-electron chi connectivity index (χ0n) is 18.4. The number of nitrogens with zero attached hydrogens (tertiary/aromatic N) is 2. The summed E-state index contributed by atoms with van der Waals surface area (Å²) in [7, 11) is 1.64. The molecular formula is C24H29Cl2N3O3. The third kappa shape index (κ3) is 6.61. The summed E-state index contributed by atoms with van der Waals surface area (Å²) >= 11 is 12.1. The number of nitrogens with one attached hydrogen (secondary N) is 1. The van der Waals surface area contributed by atoms with Crippen molar-refractivity contribution >= 4 is 40.7 Å². The first-order valence-electron chi connectivity index (χ1n) is 10.8. The maximum absolute atomic E-state index is 12.7. The average molecular weight is 478 g/mol. The largest absolute Gasteiger partial charge is 0.497 e. The number of anilines is 1. The fourth-order valence-electron chi connectivity index (χ4n) is 3.77. The molecule has 1 unspecified atom stereocenters. The summed E-state index contributed by atoms with van der Waals surface area (Å²) in [5, 5.41) is 3.80. The van der Waals surface area contributed by atoms with Gasteiger partial charge in [-0.2, -0.15) is 0 Å². The maximum Gasteiger partial charge on any atom is 0.241 e. The van der Waals surface area contributed by atoms with Crippen LogP contribution in [0.4, 0.5) is 5.69 Å². The summed E-state index contributed by atoms with van der Waals surface area (Å²) in [6, 6.07) is 12.4. The van der Waals surface area contributed by atoms with Crippen LogP contribution in [0.2, 0.25) is 10.0 Å². The number of ether oxygens (including phenoxy) is 1. The molecule has 0 aliphatic carbocycles. The predicted octanol–water partition coefficient (Wildman–Crippen LogP) is 4.50. The number of halogens is 2. The van der Waals surface area contributed by atoms with Crippen molar-refractivity contribution in [2.45, 2.75) is 32.2 Å². The molecule has 0 spiro atoms. The van der Waals surface area contributed by atoms with E-state index in [2.05, 4.69) is 10.2 Å². The van der Waals surface area contributed by atoms with E-state index < -0.39 is 0 Å². The van der Waals surface area contributed by atoms with Crippen LogP contribution < -0.4 is 10.1 Å². The van der Waals surface area contributed by atoms with Gasteiger partial charge in [-0.25, -0.2) is 0 Å². The Hall–Kier alpha value is -2.28. The second-order valence-electron chi connectivity index (χ2n) is 7.91. The lowest BCUT2D eigenvalue weighted by Gasteiger charge is -2.27. The highest BCUT2D eigenvalue weighted by Gasteiger charge is 2.26. The summed E-state index contributed by atoms with van der Waals surface area (Å²) in [5.41, 5.74) is 1.65. The molecule has 1 saturated heterocycles. The van der Waals surface area contributed by atoms with Crippen LogP contribution in [0, 0.1) is 0 Å². The Morgan fingerprint density at radius 1 is 1.06 bits per heavy atom. The van der Waals surface area contributed by atoms with E-state index >= 15 is 0 Å². The van der Waals surface area contributed by atoms with Gasteiger partial charge in [0.2, 0.25) is 11.8 Å². The van der Waals surface area contributed by atoms with E-state index in [0.29, 0.717) is 48.2 Å². The van der Waals surface area contributed by atoms with Crippen LogP contribution in [-0.4, -0.2) is 60.9 Å². The molecule has 1 aliphatic heterocycles. The number of amides is 2. The average Bonchev–Trinajstić information content (AvgIpc) is 3.05. The van der Waals surface area contributed by atoms with Crippen molar-refractivity contribution in [1.82, 2.24) is 9.80 Å². The summed E-state index contributed by atoms with van der Waals surface area (Å²) in [4.78, 5) is 29.5. The number of carbonyl (C=O) groups is 2. The molecule has 2 amide bonds. The van der Waals surface area contributed by atoms with Gasteiger partial charge in [-0.1, -0.05) is 35.3 Å². The third-order valence-corrected chi connectivity index (χ3v) is 6.33. The Kier molecular flexibility index (Phi) is 8.79.